The zero-order chi connectivity index (χ0) is 30.7. The van der Waals surface area contributed by atoms with Crippen molar-refractivity contribution in [3.63, 3.8) is 0 Å². The second-order valence-corrected chi connectivity index (χ2v) is 13.1. The number of likely N-dealkylation sites (N-methyl/N-ethyl adjacent to an activating group) is 1. The Morgan fingerprint density at radius 3 is 2.15 bits per heavy atom. The van der Waals surface area contributed by atoms with Gasteiger partial charge in [0.25, 0.3) is 0 Å². The molecular weight excluding hydrogens is 518 g/mol. The summed E-state index contributed by atoms with van der Waals surface area (Å²) < 4.78 is 24.5. The summed E-state index contributed by atoms with van der Waals surface area (Å²) in [5, 5.41) is 33.6. The predicted molar refractivity (Wildman–Crippen MR) is 150 cm³/mol. The van der Waals surface area contributed by atoms with Crippen LogP contribution in [-0.4, -0.2) is 107 Å². The normalized spacial score (nSPS) is 46.6. The Morgan fingerprint density at radius 1 is 1.02 bits per heavy atom. The molecule has 0 aromatic rings. The summed E-state index contributed by atoms with van der Waals surface area (Å²) in [7, 11) is 5.37. The van der Waals surface area contributed by atoms with Crippen LogP contribution >= 0.6 is 0 Å². The van der Waals surface area contributed by atoms with Gasteiger partial charge in [-0.05, 0) is 66.5 Å². The minimum atomic E-state index is -1.82. The highest BCUT2D eigenvalue weighted by Crippen LogP contribution is 2.39. The second-order valence-electron chi connectivity index (χ2n) is 13.1. The van der Waals surface area contributed by atoms with Crippen LogP contribution in [-0.2, 0) is 28.5 Å². The summed E-state index contributed by atoms with van der Waals surface area (Å²) in [6, 6.07) is -0.174. The van der Waals surface area contributed by atoms with E-state index >= 15 is 0 Å². The first-order valence-electron chi connectivity index (χ1n) is 14.8. The Bertz CT molecular complexity index is 851. The number of ketones is 1. The average Bonchev–Trinajstić information content (AvgIpc) is 2.88. The second kappa shape index (κ2) is 13.9. The fraction of sp³-hybridized carbons (Fsp3) is 0.933. The third-order valence-electron chi connectivity index (χ3n) is 9.27. The van der Waals surface area contributed by atoms with E-state index in [4.69, 9.17) is 18.9 Å². The zero-order valence-corrected chi connectivity index (χ0v) is 26.4. The predicted octanol–water partition coefficient (Wildman–Crippen LogP) is 2.54. The van der Waals surface area contributed by atoms with Crippen molar-refractivity contribution in [1.82, 2.24) is 4.90 Å². The van der Waals surface area contributed by atoms with Gasteiger partial charge < -0.3 is 39.2 Å². The summed E-state index contributed by atoms with van der Waals surface area (Å²) in [4.78, 5) is 28.7. The standard InChI is InChI=1S/C30H55NO9/c1-12-22-30(8,36)25(34)20(6)23(32)18(4)15-29(7,37-11)26(16(2)13-17(3)27(35)39-22)40-28-24(33)21(31(9)10)14-19(5)38-28/h16-22,24-26,28,33-34,36H,12-15H2,1-11H3/t16-,17+,18+,19+,20-,21-,22?,24+,25+,26+,28-,29+,30+/m0/s1. The Labute approximate surface area is 240 Å². The van der Waals surface area contributed by atoms with Crippen molar-refractivity contribution in [3.05, 3.63) is 0 Å². The van der Waals surface area contributed by atoms with Crippen LogP contribution in [0.15, 0.2) is 0 Å². The fourth-order valence-corrected chi connectivity index (χ4v) is 6.65. The average molecular weight is 574 g/mol. The van der Waals surface area contributed by atoms with Gasteiger partial charge in [0.15, 0.2) is 6.29 Å². The van der Waals surface area contributed by atoms with Crippen LogP contribution in [0.5, 0.6) is 0 Å². The maximum atomic E-state index is 13.6. The lowest BCUT2D eigenvalue weighted by Crippen LogP contribution is -2.59. The van der Waals surface area contributed by atoms with Crippen LogP contribution in [0.2, 0.25) is 0 Å². The Hall–Kier alpha value is -1.14. The van der Waals surface area contributed by atoms with Crippen LogP contribution in [0.1, 0.15) is 81.1 Å². The maximum absolute atomic E-state index is 13.6. The fourth-order valence-electron chi connectivity index (χ4n) is 6.65. The van der Waals surface area contributed by atoms with Gasteiger partial charge in [0.1, 0.15) is 23.6 Å². The lowest BCUT2D eigenvalue weighted by Gasteiger charge is -2.47. The number of hydrogen-bond acceptors (Lipinski definition) is 10. The molecule has 0 radical (unpaired) electrons. The van der Waals surface area contributed by atoms with Crippen molar-refractivity contribution >= 4 is 11.8 Å². The topological polar surface area (TPSA) is 135 Å². The summed E-state index contributed by atoms with van der Waals surface area (Å²) >= 11 is 0. The third kappa shape index (κ3) is 7.62. The van der Waals surface area contributed by atoms with E-state index in [0.29, 0.717) is 12.8 Å². The van der Waals surface area contributed by atoms with Gasteiger partial charge >= 0.3 is 5.97 Å². The van der Waals surface area contributed by atoms with Crippen molar-refractivity contribution < 1.29 is 43.9 Å². The highest BCUT2D eigenvalue weighted by molar-refractivity contribution is 5.83. The van der Waals surface area contributed by atoms with Gasteiger partial charge in [-0.15, -0.1) is 0 Å². The number of aliphatic hydroxyl groups excluding tert-OH is 2. The van der Waals surface area contributed by atoms with E-state index in [1.807, 2.05) is 39.8 Å². The maximum Gasteiger partial charge on any atom is 0.309 e. The molecule has 0 aromatic carbocycles. The molecule has 0 spiro atoms. The van der Waals surface area contributed by atoms with E-state index in [9.17, 15) is 24.9 Å². The molecule has 0 amide bonds. The largest absolute Gasteiger partial charge is 0.459 e. The van der Waals surface area contributed by atoms with Gasteiger partial charge in [-0.3, -0.25) is 9.59 Å². The molecule has 2 aliphatic heterocycles. The van der Waals surface area contributed by atoms with Gasteiger partial charge in [-0.1, -0.05) is 34.6 Å². The van der Waals surface area contributed by atoms with Crippen LogP contribution in [0, 0.1) is 23.7 Å². The van der Waals surface area contributed by atoms with Gasteiger partial charge in [-0.2, -0.15) is 0 Å². The van der Waals surface area contributed by atoms with Gasteiger partial charge in [0.2, 0.25) is 0 Å². The van der Waals surface area contributed by atoms with Crippen LogP contribution in [0.4, 0.5) is 0 Å². The summed E-state index contributed by atoms with van der Waals surface area (Å²) in [5.41, 5.74) is -2.84. The van der Waals surface area contributed by atoms with Crippen molar-refractivity contribution in [1.29, 1.82) is 0 Å². The molecule has 10 nitrogen and oxygen atoms in total. The highest BCUT2D eigenvalue weighted by Gasteiger charge is 2.50. The quantitative estimate of drug-likeness (QED) is 0.421. The van der Waals surface area contributed by atoms with Crippen LogP contribution in [0.25, 0.3) is 0 Å². The summed E-state index contributed by atoms with van der Waals surface area (Å²) in [5.74, 6) is -3.08. The summed E-state index contributed by atoms with van der Waals surface area (Å²) in [6.45, 7) is 14.0. The van der Waals surface area contributed by atoms with Gasteiger partial charge in [0, 0.05) is 25.0 Å². The number of cyclic esters (lactones) is 1. The molecule has 0 aliphatic carbocycles. The molecule has 1 unspecified atom stereocenters. The number of ether oxygens (including phenoxy) is 4. The van der Waals surface area contributed by atoms with Crippen LogP contribution in [0.3, 0.4) is 0 Å². The smallest absolute Gasteiger partial charge is 0.309 e. The number of methoxy groups -OCH3 is 1. The van der Waals surface area contributed by atoms with E-state index in [0.717, 1.165) is 0 Å². The molecule has 2 fully saturated rings. The Balaban J connectivity index is 2.54. The minimum Gasteiger partial charge on any atom is -0.459 e. The number of hydrogen-bond donors (Lipinski definition) is 3. The van der Waals surface area contributed by atoms with E-state index < -0.39 is 65.6 Å². The molecule has 10 heteroatoms. The molecule has 0 aromatic heterocycles. The Kier molecular flexibility index (Phi) is 12.2. The number of rotatable bonds is 5. The van der Waals surface area contributed by atoms with Crippen molar-refractivity contribution in [3.8, 4) is 0 Å². The highest BCUT2D eigenvalue weighted by atomic mass is 16.7. The van der Waals surface area contributed by atoms with E-state index in [1.54, 1.807) is 34.8 Å². The molecule has 2 saturated heterocycles. The SMILES string of the molecule is CCC1OC(=O)[C@H](C)C[C@H](C)[C@@H](O[C@@H]2O[C@H](C)C[C@H](N(C)C)[C@H]2O)[C@](C)(OC)C[C@@H](C)C(=O)[C@H](C)[C@@H](O)[C@]1(C)O. The third-order valence-corrected chi connectivity index (χ3v) is 9.27. The number of aliphatic hydroxyl groups is 3. The molecule has 234 valence electrons. The van der Waals surface area contributed by atoms with Crippen molar-refractivity contribution in [2.75, 3.05) is 21.2 Å². The van der Waals surface area contributed by atoms with E-state index in [-0.39, 0.29) is 36.7 Å². The van der Waals surface area contributed by atoms with Gasteiger partial charge in [0.05, 0.1) is 29.8 Å². The van der Waals surface area contributed by atoms with Gasteiger partial charge in [-0.25, -0.2) is 0 Å². The number of nitrogens with zero attached hydrogens (tertiary/aromatic N) is 1. The first-order valence-corrected chi connectivity index (χ1v) is 14.8. The van der Waals surface area contributed by atoms with E-state index in [1.165, 1.54) is 6.92 Å². The number of Topliss-reactive ketones (excluding diaryl/α,β-unsaturated/α-hetero) is 1. The molecule has 0 bridgehead atoms. The number of carbonyl (C=O) groups excluding carboxylic acids is 2. The molecule has 2 aliphatic rings. The molecule has 0 saturated carbocycles. The Morgan fingerprint density at radius 2 is 1.62 bits per heavy atom. The van der Waals surface area contributed by atoms with Crippen LogP contribution < -0.4 is 0 Å². The van der Waals surface area contributed by atoms with E-state index in [2.05, 4.69) is 0 Å². The molecule has 2 rings (SSSR count). The lowest BCUT2D eigenvalue weighted by molar-refractivity contribution is -0.297. The molecule has 13 atom stereocenters. The molecule has 3 N–H and O–H groups in total. The molecule has 2 heterocycles. The zero-order valence-electron chi connectivity index (χ0n) is 26.4. The summed E-state index contributed by atoms with van der Waals surface area (Å²) in [6.07, 6.45) is -3.59. The first kappa shape index (κ1) is 35.1. The number of carbonyl (C=O) groups is 2. The monoisotopic (exact) mass is 573 g/mol. The minimum absolute atomic E-state index is 0.154. The number of esters is 1. The van der Waals surface area contributed by atoms with Crippen molar-refractivity contribution in [2.45, 2.75) is 135 Å². The molecule has 40 heavy (non-hydrogen) atoms. The first-order chi connectivity index (χ1) is 18.4. The molecular formula is C30H55NO9. The van der Waals surface area contributed by atoms with Crippen molar-refractivity contribution in [2.24, 2.45) is 23.7 Å². The lowest BCUT2D eigenvalue weighted by atomic mass is 9.74.